The van der Waals surface area contributed by atoms with Gasteiger partial charge in [-0.25, -0.2) is 16.8 Å². The van der Waals surface area contributed by atoms with Crippen LogP contribution in [0.15, 0.2) is 95.9 Å². The van der Waals surface area contributed by atoms with E-state index in [4.69, 9.17) is 34.8 Å². The smallest absolute Gasteiger partial charge is 0.261 e. The minimum atomic E-state index is -3.97. The number of hydrogen-bond acceptors (Lipinski definition) is 5. The van der Waals surface area contributed by atoms with E-state index in [1.54, 1.807) is 30.3 Å². The Morgan fingerprint density at radius 1 is 0.775 bits per heavy atom. The van der Waals surface area contributed by atoms with Gasteiger partial charge in [-0.3, -0.25) is 13.8 Å². The first-order valence-corrected chi connectivity index (χ1v) is 16.0. The van der Waals surface area contributed by atoms with Gasteiger partial charge in [-0.1, -0.05) is 59.1 Å². The quantitative estimate of drug-likeness (QED) is 0.213. The number of amides is 1. The van der Waals surface area contributed by atoms with Crippen molar-refractivity contribution in [2.75, 3.05) is 20.6 Å². The first-order chi connectivity index (χ1) is 18.8. The Balaban J connectivity index is 1.46. The van der Waals surface area contributed by atoms with Gasteiger partial charge in [-0.15, -0.1) is 0 Å². The molecular formula is C27H22Cl3N3O5S2. The number of benzene rings is 4. The van der Waals surface area contributed by atoms with Gasteiger partial charge in [0.2, 0.25) is 10.0 Å². The van der Waals surface area contributed by atoms with Crippen molar-refractivity contribution in [2.24, 2.45) is 0 Å². The summed E-state index contributed by atoms with van der Waals surface area (Å²) in [5.74, 6) is -0.469. The van der Waals surface area contributed by atoms with Crippen molar-refractivity contribution in [3.8, 4) is 0 Å². The second-order valence-corrected chi connectivity index (χ2v) is 13.4. The summed E-state index contributed by atoms with van der Waals surface area (Å²) in [6.45, 7) is 0.0255. The first-order valence-electron chi connectivity index (χ1n) is 11.5. The molecule has 0 heterocycles. The SMILES string of the molecule is CS(=O)(=O)N(Cc1ccccc1Cl)c1ccc(C(=O)Nc2ccc(S(=O)(=O)Nc3cccc(Cl)c3Cl)cc2)cc1. The monoisotopic (exact) mass is 637 g/mol. The van der Waals surface area contributed by atoms with E-state index < -0.39 is 26.0 Å². The highest BCUT2D eigenvalue weighted by Gasteiger charge is 2.20. The lowest BCUT2D eigenvalue weighted by molar-refractivity contribution is 0.102. The average Bonchev–Trinajstić information content (AvgIpc) is 2.90. The van der Waals surface area contributed by atoms with Gasteiger partial charge in [0.25, 0.3) is 15.9 Å². The first kappa shape index (κ1) is 29.7. The standard InChI is InChI=1S/C27H22Cl3N3O5S2/c1-39(35,36)33(17-19-5-2-3-6-23(19)28)21-13-9-18(10-14-21)27(34)31-20-11-15-22(16-12-20)40(37,38)32-25-8-4-7-24(29)26(25)30/h2-16,32H,17H2,1H3,(H,31,34). The fourth-order valence-corrected chi connectivity index (χ4v) is 6.22. The van der Waals surface area contributed by atoms with E-state index in [9.17, 15) is 21.6 Å². The van der Waals surface area contributed by atoms with Crippen LogP contribution in [0.5, 0.6) is 0 Å². The highest BCUT2D eigenvalue weighted by molar-refractivity contribution is 7.92. The molecule has 0 aromatic heterocycles. The van der Waals surface area contributed by atoms with Crippen molar-refractivity contribution < 1.29 is 21.6 Å². The van der Waals surface area contributed by atoms with Gasteiger partial charge in [0.1, 0.15) is 0 Å². The Labute approximate surface area is 247 Å². The molecule has 1 amide bonds. The van der Waals surface area contributed by atoms with Crippen molar-refractivity contribution in [1.29, 1.82) is 0 Å². The Hall–Kier alpha value is -3.28. The third-order valence-corrected chi connectivity index (χ3v) is 9.42. The molecule has 0 radical (unpaired) electrons. The van der Waals surface area contributed by atoms with Gasteiger partial charge in [0.05, 0.1) is 39.1 Å². The molecule has 8 nitrogen and oxygen atoms in total. The average molecular weight is 639 g/mol. The molecule has 0 bridgehead atoms. The van der Waals surface area contributed by atoms with Crippen LogP contribution in [0.1, 0.15) is 15.9 Å². The Kier molecular flexibility index (Phi) is 8.96. The van der Waals surface area contributed by atoms with Crippen molar-refractivity contribution in [3.05, 3.63) is 117 Å². The molecule has 40 heavy (non-hydrogen) atoms. The van der Waals surface area contributed by atoms with Gasteiger partial charge >= 0.3 is 0 Å². The van der Waals surface area contributed by atoms with Gasteiger partial charge in [-0.05, 0) is 72.3 Å². The highest BCUT2D eigenvalue weighted by Crippen LogP contribution is 2.31. The number of rotatable bonds is 9. The van der Waals surface area contributed by atoms with Gasteiger partial charge in [0, 0.05) is 16.3 Å². The number of nitrogens with zero attached hydrogens (tertiary/aromatic N) is 1. The largest absolute Gasteiger partial charge is 0.322 e. The number of anilines is 3. The summed E-state index contributed by atoms with van der Waals surface area (Å²) in [5.41, 5.74) is 1.75. The normalized spacial score (nSPS) is 11.6. The number of halogens is 3. The lowest BCUT2D eigenvalue weighted by Crippen LogP contribution is -2.29. The minimum Gasteiger partial charge on any atom is -0.322 e. The predicted octanol–water partition coefficient (Wildman–Crippen LogP) is 6.67. The van der Waals surface area contributed by atoms with Crippen molar-refractivity contribution >= 4 is 77.8 Å². The van der Waals surface area contributed by atoms with E-state index in [1.807, 2.05) is 0 Å². The molecule has 0 unspecified atom stereocenters. The molecule has 0 saturated heterocycles. The molecule has 0 atom stereocenters. The van der Waals surface area contributed by atoms with Crippen LogP contribution in [-0.2, 0) is 26.6 Å². The zero-order chi connectivity index (χ0) is 29.1. The fourth-order valence-electron chi connectivity index (χ4n) is 3.67. The molecule has 4 rings (SSSR count). The third kappa shape index (κ3) is 7.07. The fraction of sp³-hybridized carbons (Fsp3) is 0.0741. The van der Waals surface area contributed by atoms with Crippen molar-refractivity contribution in [1.82, 2.24) is 0 Å². The maximum absolute atomic E-state index is 12.8. The van der Waals surface area contributed by atoms with Crippen LogP contribution in [0.3, 0.4) is 0 Å². The predicted molar refractivity (Wildman–Crippen MR) is 161 cm³/mol. The molecule has 4 aromatic carbocycles. The van der Waals surface area contributed by atoms with Crippen LogP contribution in [0.2, 0.25) is 15.1 Å². The van der Waals surface area contributed by atoms with E-state index >= 15 is 0 Å². The number of carbonyl (C=O) groups excluding carboxylic acids is 1. The molecule has 0 spiro atoms. The lowest BCUT2D eigenvalue weighted by atomic mass is 10.1. The van der Waals surface area contributed by atoms with Crippen LogP contribution < -0.4 is 14.3 Å². The second-order valence-electron chi connectivity index (χ2n) is 8.59. The van der Waals surface area contributed by atoms with Crippen LogP contribution in [0, 0.1) is 0 Å². The summed E-state index contributed by atoms with van der Waals surface area (Å²) < 4.78 is 54.1. The van der Waals surface area contributed by atoms with Crippen molar-refractivity contribution in [2.45, 2.75) is 11.4 Å². The van der Waals surface area contributed by atoms with E-state index in [-0.39, 0.29) is 32.7 Å². The highest BCUT2D eigenvalue weighted by atomic mass is 35.5. The lowest BCUT2D eigenvalue weighted by Gasteiger charge is -2.23. The molecule has 0 saturated carbocycles. The Morgan fingerprint density at radius 2 is 1.40 bits per heavy atom. The maximum Gasteiger partial charge on any atom is 0.261 e. The van der Waals surface area contributed by atoms with Gasteiger partial charge in [0.15, 0.2) is 0 Å². The van der Waals surface area contributed by atoms with E-state index in [1.165, 1.54) is 65.0 Å². The van der Waals surface area contributed by atoms with Crippen LogP contribution in [0.25, 0.3) is 0 Å². The summed E-state index contributed by atoms with van der Waals surface area (Å²) >= 11 is 18.2. The summed E-state index contributed by atoms with van der Waals surface area (Å²) in [7, 11) is -7.62. The molecule has 4 aromatic rings. The summed E-state index contributed by atoms with van der Waals surface area (Å²) in [6.07, 6.45) is 1.09. The molecule has 0 fully saturated rings. The van der Waals surface area contributed by atoms with E-state index in [0.717, 1.165) is 6.26 Å². The molecule has 0 aliphatic rings. The Bertz CT molecular complexity index is 1760. The number of carbonyl (C=O) groups is 1. The van der Waals surface area contributed by atoms with Crippen LogP contribution in [0.4, 0.5) is 17.1 Å². The maximum atomic E-state index is 12.8. The second kappa shape index (κ2) is 12.1. The number of nitrogens with one attached hydrogen (secondary N) is 2. The summed E-state index contributed by atoms with van der Waals surface area (Å²) in [4.78, 5) is 12.8. The zero-order valence-corrected chi connectivity index (χ0v) is 24.7. The molecule has 2 N–H and O–H groups in total. The molecule has 0 aliphatic carbocycles. The molecule has 208 valence electrons. The van der Waals surface area contributed by atoms with Gasteiger partial charge < -0.3 is 5.32 Å². The molecule has 13 heteroatoms. The third-order valence-electron chi connectivity index (χ3n) is 5.71. The minimum absolute atomic E-state index is 0.0255. The number of hydrogen-bond donors (Lipinski definition) is 2. The molecule has 0 aliphatic heterocycles. The molecular weight excluding hydrogens is 617 g/mol. The van der Waals surface area contributed by atoms with E-state index in [2.05, 4.69) is 10.0 Å². The van der Waals surface area contributed by atoms with Crippen molar-refractivity contribution in [3.63, 3.8) is 0 Å². The van der Waals surface area contributed by atoms with E-state index in [0.29, 0.717) is 22.0 Å². The Morgan fingerprint density at radius 3 is 2.02 bits per heavy atom. The summed E-state index contributed by atoms with van der Waals surface area (Å²) in [6, 6.07) is 23.1. The van der Waals surface area contributed by atoms with Crippen LogP contribution in [-0.4, -0.2) is 29.0 Å². The summed E-state index contributed by atoms with van der Waals surface area (Å²) in [5, 5.41) is 3.41. The topological polar surface area (TPSA) is 113 Å². The zero-order valence-electron chi connectivity index (χ0n) is 20.8. The van der Waals surface area contributed by atoms with Crippen LogP contribution >= 0.6 is 34.8 Å². The van der Waals surface area contributed by atoms with Gasteiger partial charge in [-0.2, -0.15) is 0 Å². The number of sulfonamides is 2.